The predicted octanol–water partition coefficient (Wildman–Crippen LogP) is 3.69. The van der Waals surface area contributed by atoms with E-state index in [2.05, 4.69) is 31.1 Å². The standard InChI is InChI=1S/C25H25N7O3/c1-35-20-15-19(12-14-27-20)29-24-21(23(26)33)22(31-32-24)17-7-9-18(10-8-17)30-25(34)28-13-11-16-5-3-2-4-6-16/h2-10,12,14-15H,11,13H2,1H3,(H2,26,33)(H2,28,30,34)(H2,27,29,31,32). The van der Waals surface area contributed by atoms with Crippen molar-refractivity contribution >= 4 is 29.1 Å². The Morgan fingerprint density at radius 1 is 1.03 bits per heavy atom. The van der Waals surface area contributed by atoms with Gasteiger partial charge in [-0.05, 0) is 30.2 Å². The molecule has 0 bridgehead atoms. The maximum absolute atomic E-state index is 12.2. The van der Waals surface area contributed by atoms with Crippen LogP contribution in [0.4, 0.5) is 22.0 Å². The van der Waals surface area contributed by atoms with Gasteiger partial charge < -0.3 is 26.4 Å². The number of nitrogens with one attached hydrogen (secondary N) is 4. The molecule has 0 spiro atoms. The molecule has 4 aromatic rings. The number of aromatic nitrogens is 3. The number of aromatic amines is 1. The number of rotatable bonds is 9. The van der Waals surface area contributed by atoms with Gasteiger partial charge in [-0.15, -0.1) is 0 Å². The molecule has 0 saturated heterocycles. The maximum atomic E-state index is 12.2. The Bertz CT molecular complexity index is 1300. The van der Waals surface area contributed by atoms with Gasteiger partial charge in [0.15, 0.2) is 0 Å². The third kappa shape index (κ3) is 5.93. The molecule has 178 valence electrons. The maximum Gasteiger partial charge on any atom is 0.319 e. The first-order valence-electron chi connectivity index (χ1n) is 10.9. The molecule has 0 aliphatic carbocycles. The van der Waals surface area contributed by atoms with E-state index in [0.29, 0.717) is 40.9 Å². The van der Waals surface area contributed by atoms with Crippen molar-refractivity contribution in [3.8, 4) is 17.1 Å². The number of nitrogens with zero attached hydrogens (tertiary/aromatic N) is 2. The lowest BCUT2D eigenvalue weighted by Gasteiger charge is -2.09. The number of benzene rings is 2. The van der Waals surface area contributed by atoms with Gasteiger partial charge in [0.05, 0.1) is 7.11 Å². The number of ether oxygens (including phenoxy) is 1. The number of carbonyl (C=O) groups excluding carboxylic acids is 2. The summed E-state index contributed by atoms with van der Waals surface area (Å²) < 4.78 is 5.12. The van der Waals surface area contributed by atoms with E-state index in [-0.39, 0.29) is 11.6 Å². The third-order valence-corrected chi connectivity index (χ3v) is 5.18. The summed E-state index contributed by atoms with van der Waals surface area (Å²) in [6, 6.07) is 20.0. The highest BCUT2D eigenvalue weighted by atomic mass is 16.5. The molecule has 0 radical (unpaired) electrons. The van der Waals surface area contributed by atoms with Gasteiger partial charge in [0, 0.05) is 35.7 Å². The van der Waals surface area contributed by atoms with E-state index < -0.39 is 5.91 Å². The minimum atomic E-state index is -0.641. The lowest BCUT2D eigenvalue weighted by Crippen LogP contribution is -2.30. The van der Waals surface area contributed by atoms with Crippen molar-refractivity contribution in [2.45, 2.75) is 6.42 Å². The van der Waals surface area contributed by atoms with Crippen LogP contribution in [0.1, 0.15) is 15.9 Å². The van der Waals surface area contributed by atoms with Crippen LogP contribution in [0.3, 0.4) is 0 Å². The molecule has 6 N–H and O–H groups in total. The minimum absolute atomic E-state index is 0.208. The van der Waals surface area contributed by atoms with Crippen molar-refractivity contribution in [2.75, 3.05) is 24.3 Å². The Morgan fingerprint density at radius 3 is 2.51 bits per heavy atom. The summed E-state index contributed by atoms with van der Waals surface area (Å²) in [6.07, 6.45) is 2.32. The number of methoxy groups -OCH3 is 1. The molecule has 0 fully saturated rings. The van der Waals surface area contributed by atoms with Gasteiger partial charge in [0.2, 0.25) is 5.88 Å². The molecular formula is C25H25N7O3. The molecule has 3 amide bonds. The van der Waals surface area contributed by atoms with E-state index in [1.807, 2.05) is 30.3 Å². The number of amides is 3. The van der Waals surface area contributed by atoms with Crippen molar-refractivity contribution in [1.29, 1.82) is 0 Å². The molecule has 0 unspecified atom stereocenters. The number of hydrogen-bond donors (Lipinski definition) is 5. The van der Waals surface area contributed by atoms with E-state index in [9.17, 15) is 9.59 Å². The Morgan fingerprint density at radius 2 is 1.80 bits per heavy atom. The topological polar surface area (TPSA) is 147 Å². The zero-order valence-corrected chi connectivity index (χ0v) is 19.0. The lowest BCUT2D eigenvalue weighted by molar-refractivity contribution is 0.100. The highest BCUT2D eigenvalue weighted by Gasteiger charge is 2.20. The van der Waals surface area contributed by atoms with Crippen LogP contribution in [-0.2, 0) is 6.42 Å². The fourth-order valence-corrected chi connectivity index (χ4v) is 3.48. The van der Waals surface area contributed by atoms with Gasteiger partial charge in [-0.1, -0.05) is 42.5 Å². The van der Waals surface area contributed by atoms with Crippen molar-refractivity contribution in [1.82, 2.24) is 20.5 Å². The molecule has 2 heterocycles. The smallest absolute Gasteiger partial charge is 0.319 e. The van der Waals surface area contributed by atoms with Crippen molar-refractivity contribution in [3.05, 3.63) is 84.1 Å². The molecule has 2 aromatic carbocycles. The first kappa shape index (κ1) is 23.3. The van der Waals surface area contributed by atoms with E-state index in [0.717, 1.165) is 12.0 Å². The van der Waals surface area contributed by atoms with Crippen molar-refractivity contribution in [2.24, 2.45) is 5.73 Å². The molecule has 0 atom stereocenters. The largest absolute Gasteiger partial charge is 0.481 e. The molecular weight excluding hydrogens is 446 g/mol. The monoisotopic (exact) mass is 471 g/mol. The minimum Gasteiger partial charge on any atom is -0.481 e. The number of pyridine rings is 1. The quantitative estimate of drug-likeness (QED) is 0.252. The summed E-state index contributed by atoms with van der Waals surface area (Å²) in [5.41, 5.74) is 9.30. The number of H-pyrrole nitrogens is 1. The van der Waals surface area contributed by atoms with Crippen molar-refractivity contribution < 1.29 is 14.3 Å². The van der Waals surface area contributed by atoms with Crippen LogP contribution in [0.2, 0.25) is 0 Å². The molecule has 0 aliphatic rings. The fraction of sp³-hybridized carbons (Fsp3) is 0.120. The van der Waals surface area contributed by atoms with Crippen LogP contribution < -0.4 is 26.4 Å². The van der Waals surface area contributed by atoms with Crippen LogP contribution in [0, 0.1) is 0 Å². The molecule has 0 saturated carbocycles. The normalized spacial score (nSPS) is 10.4. The summed E-state index contributed by atoms with van der Waals surface area (Å²) in [5, 5.41) is 15.8. The zero-order valence-electron chi connectivity index (χ0n) is 19.0. The summed E-state index contributed by atoms with van der Waals surface area (Å²) in [5.74, 6) is 0.126. The zero-order chi connectivity index (χ0) is 24.6. The van der Waals surface area contributed by atoms with Crippen LogP contribution in [0.25, 0.3) is 11.3 Å². The van der Waals surface area contributed by atoms with Gasteiger partial charge in [-0.25, -0.2) is 9.78 Å². The molecule has 10 heteroatoms. The number of hydrogen-bond acceptors (Lipinski definition) is 6. The van der Waals surface area contributed by atoms with Crippen LogP contribution >= 0.6 is 0 Å². The van der Waals surface area contributed by atoms with Gasteiger partial charge in [-0.3, -0.25) is 9.89 Å². The van der Waals surface area contributed by atoms with Crippen LogP contribution in [0.15, 0.2) is 72.9 Å². The molecule has 2 aromatic heterocycles. The third-order valence-electron chi connectivity index (χ3n) is 5.18. The summed E-state index contributed by atoms with van der Waals surface area (Å²) >= 11 is 0. The highest BCUT2D eigenvalue weighted by molar-refractivity contribution is 6.04. The SMILES string of the molecule is COc1cc(Nc2[nH]nc(-c3ccc(NC(=O)NCCc4ccccc4)cc3)c2C(N)=O)ccn1. The first-order valence-corrected chi connectivity index (χ1v) is 10.9. The van der Waals surface area contributed by atoms with Crippen LogP contribution in [0.5, 0.6) is 5.88 Å². The fourth-order valence-electron chi connectivity index (χ4n) is 3.48. The Hall–Kier alpha value is -4.86. The Balaban J connectivity index is 1.41. The predicted molar refractivity (Wildman–Crippen MR) is 134 cm³/mol. The van der Waals surface area contributed by atoms with E-state index in [4.69, 9.17) is 10.5 Å². The number of carbonyl (C=O) groups is 2. The number of urea groups is 1. The van der Waals surface area contributed by atoms with Gasteiger partial charge in [-0.2, -0.15) is 5.10 Å². The lowest BCUT2D eigenvalue weighted by atomic mass is 10.1. The average Bonchev–Trinajstić information content (AvgIpc) is 3.29. The summed E-state index contributed by atoms with van der Waals surface area (Å²) in [6.45, 7) is 0.516. The number of primary amides is 1. The Kier molecular flexibility index (Phi) is 7.22. The van der Waals surface area contributed by atoms with Gasteiger partial charge >= 0.3 is 6.03 Å². The summed E-state index contributed by atoms with van der Waals surface area (Å²) in [7, 11) is 1.52. The average molecular weight is 472 g/mol. The molecule has 35 heavy (non-hydrogen) atoms. The van der Waals surface area contributed by atoms with E-state index in [1.165, 1.54) is 7.11 Å². The van der Waals surface area contributed by atoms with E-state index in [1.54, 1.807) is 42.6 Å². The summed E-state index contributed by atoms with van der Waals surface area (Å²) in [4.78, 5) is 28.5. The van der Waals surface area contributed by atoms with Gasteiger partial charge in [0.25, 0.3) is 5.91 Å². The second-order valence-electron chi connectivity index (χ2n) is 7.59. The van der Waals surface area contributed by atoms with E-state index >= 15 is 0 Å². The van der Waals surface area contributed by atoms with Crippen LogP contribution in [-0.4, -0.2) is 40.8 Å². The number of nitrogens with two attached hydrogens (primary N) is 1. The second kappa shape index (κ2) is 10.8. The second-order valence-corrected chi connectivity index (χ2v) is 7.59. The molecule has 4 rings (SSSR count). The Labute approximate surface area is 201 Å². The first-order chi connectivity index (χ1) is 17.0. The van der Waals surface area contributed by atoms with Gasteiger partial charge in [0.1, 0.15) is 17.1 Å². The molecule has 10 nitrogen and oxygen atoms in total. The number of anilines is 3. The van der Waals surface area contributed by atoms with Crippen molar-refractivity contribution in [3.63, 3.8) is 0 Å². The highest BCUT2D eigenvalue weighted by Crippen LogP contribution is 2.29. The molecule has 0 aliphatic heterocycles.